The Bertz CT molecular complexity index is 2970. The zero-order valence-corrected chi connectivity index (χ0v) is 35.7. The van der Waals surface area contributed by atoms with Crippen molar-refractivity contribution in [2.45, 2.75) is 36.3 Å². The molecule has 2 saturated heterocycles. The molecule has 1 spiro atoms. The van der Waals surface area contributed by atoms with Crippen molar-refractivity contribution in [3.05, 3.63) is 196 Å². The van der Waals surface area contributed by atoms with E-state index in [2.05, 4.69) is 10.3 Å². The van der Waals surface area contributed by atoms with Gasteiger partial charge in [0.15, 0.2) is 5.13 Å². The number of hydrogen-bond acceptors (Lipinski definition) is 13. The molecule has 2 N–H and O–H groups in total. The predicted octanol–water partition coefficient (Wildman–Crippen LogP) is 8.22. The number of rotatable bonds is 11. The standard InChI is InChI=1S/C50H39N5O10S/c56-26-27-63-35-17-11-16-33(28-35)44-50(36-18-7-9-20-38(36)53(47(50)59)49(60)64-29-30-22-24-34(25-23-30)55(61)62)40(45(57)52-48-51-37-19-8-10-21-39(37)66-48)42-46(58)65-43(32-14-5-2-6-15-32)41(54(42)44)31-12-3-1-4-13-31/h1-25,28,40-44,56H,26-27,29H2,(H,51,52,57)/t40-,41-,42-,43+,44+,50-/m1/s1. The number of anilines is 2. The van der Waals surface area contributed by atoms with Crippen LogP contribution in [0.1, 0.15) is 46.0 Å². The highest BCUT2D eigenvalue weighted by atomic mass is 32.1. The quantitative estimate of drug-likeness (QED) is 0.0720. The van der Waals surface area contributed by atoms with Crippen LogP contribution < -0.4 is 15.0 Å². The Kier molecular flexibility index (Phi) is 11.1. The Morgan fingerprint density at radius 1 is 0.818 bits per heavy atom. The zero-order chi connectivity index (χ0) is 45.5. The van der Waals surface area contributed by atoms with E-state index in [0.29, 0.717) is 28.0 Å². The number of aliphatic hydroxyl groups is 1. The molecule has 7 aromatic rings. The highest BCUT2D eigenvalue weighted by Crippen LogP contribution is 2.66. The van der Waals surface area contributed by atoms with Crippen LogP contribution in [0.15, 0.2) is 158 Å². The number of amides is 3. The number of nitro groups is 1. The molecule has 3 aliphatic heterocycles. The largest absolute Gasteiger partial charge is 0.491 e. The topological polar surface area (TPSA) is 191 Å². The number of thiazole rings is 1. The van der Waals surface area contributed by atoms with Crippen molar-refractivity contribution < 1.29 is 43.4 Å². The van der Waals surface area contributed by atoms with Gasteiger partial charge in [-0.2, -0.15) is 0 Å². The fourth-order valence-electron chi connectivity index (χ4n) is 9.81. The first-order valence-corrected chi connectivity index (χ1v) is 21.9. The molecule has 0 bridgehead atoms. The third kappa shape index (κ3) is 7.11. The number of benzene rings is 6. The van der Waals surface area contributed by atoms with Crippen LogP contribution in [-0.2, 0) is 35.9 Å². The normalized spacial score (nSPS) is 22.1. The first-order chi connectivity index (χ1) is 32.2. The molecule has 2 fully saturated rings. The monoisotopic (exact) mass is 901 g/mol. The Balaban J connectivity index is 1.20. The molecule has 3 amide bonds. The Labute approximate surface area is 380 Å². The van der Waals surface area contributed by atoms with Crippen molar-refractivity contribution in [2.24, 2.45) is 5.92 Å². The minimum Gasteiger partial charge on any atom is -0.491 e. The molecule has 1 aromatic heterocycles. The SMILES string of the molecule is O=C1O[C@@H](c2ccccc2)[C@@H](c2ccccc2)N2[C@@H](c3cccc(OCCO)c3)[C@]3(C(=O)N(C(=O)OCc4ccc([N+](=O)[O-])cc4)c4ccccc43)[C@@H](C(=O)Nc3nc4ccccc4s3)[C@H]12. The number of nitrogens with zero attached hydrogens (tertiary/aromatic N) is 4. The summed E-state index contributed by atoms with van der Waals surface area (Å²) in [6.45, 7) is -0.659. The van der Waals surface area contributed by atoms with Crippen LogP contribution in [0.4, 0.5) is 21.3 Å². The Morgan fingerprint density at radius 3 is 2.23 bits per heavy atom. The first-order valence-electron chi connectivity index (χ1n) is 21.1. The van der Waals surface area contributed by atoms with E-state index in [-0.39, 0.29) is 41.9 Å². The fraction of sp³-hybridized carbons (Fsp3) is 0.180. The number of hydrogen-bond donors (Lipinski definition) is 2. The average Bonchev–Trinajstić information content (AvgIpc) is 3.99. The van der Waals surface area contributed by atoms with E-state index in [1.807, 2.05) is 89.8 Å². The molecule has 0 saturated carbocycles. The number of cyclic esters (lactones) is 1. The number of imide groups is 1. The van der Waals surface area contributed by atoms with E-state index in [9.17, 15) is 20.0 Å². The molecule has 3 aliphatic rings. The number of nitro benzene ring substituents is 1. The molecular weight excluding hydrogens is 863 g/mol. The van der Waals surface area contributed by atoms with Gasteiger partial charge in [0.25, 0.3) is 5.69 Å². The predicted molar refractivity (Wildman–Crippen MR) is 242 cm³/mol. The van der Waals surface area contributed by atoms with Gasteiger partial charge in [-0.1, -0.05) is 114 Å². The summed E-state index contributed by atoms with van der Waals surface area (Å²) in [5, 5.41) is 24.3. The molecule has 330 valence electrons. The van der Waals surface area contributed by atoms with Gasteiger partial charge in [-0.05, 0) is 70.3 Å². The molecule has 15 nitrogen and oxygen atoms in total. The minimum absolute atomic E-state index is 0.0377. The van der Waals surface area contributed by atoms with E-state index in [4.69, 9.17) is 14.2 Å². The molecule has 6 aromatic carbocycles. The summed E-state index contributed by atoms with van der Waals surface area (Å²) in [6, 6.07) is 41.6. The fourth-order valence-corrected chi connectivity index (χ4v) is 10.7. The lowest BCUT2D eigenvalue weighted by Gasteiger charge is -2.46. The summed E-state index contributed by atoms with van der Waals surface area (Å²) < 4.78 is 19.1. The van der Waals surface area contributed by atoms with Crippen LogP contribution in [0, 0.1) is 16.0 Å². The van der Waals surface area contributed by atoms with Crippen molar-refractivity contribution in [3.63, 3.8) is 0 Å². The van der Waals surface area contributed by atoms with E-state index in [1.54, 1.807) is 48.5 Å². The molecule has 66 heavy (non-hydrogen) atoms. The maximum absolute atomic E-state index is 16.3. The molecule has 6 atom stereocenters. The number of nitrogens with one attached hydrogen (secondary N) is 1. The summed E-state index contributed by atoms with van der Waals surface area (Å²) in [7, 11) is 0. The van der Waals surface area contributed by atoms with Gasteiger partial charge in [-0.3, -0.25) is 29.4 Å². The molecule has 16 heteroatoms. The number of para-hydroxylation sites is 2. The maximum Gasteiger partial charge on any atom is 0.421 e. The van der Waals surface area contributed by atoms with Gasteiger partial charge in [0.1, 0.15) is 36.5 Å². The average molecular weight is 902 g/mol. The van der Waals surface area contributed by atoms with Crippen LogP contribution >= 0.6 is 11.3 Å². The number of aliphatic hydroxyl groups excluding tert-OH is 1. The second-order valence-electron chi connectivity index (χ2n) is 16.0. The minimum atomic E-state index is -2.05. The van der Waals surface area contributed by atoms with Gasteiger partial charge >= 0.3 is 12.1 Å². The third-order valence-corrected chi connectivity index (χ3v) is 13.4. The van der Waals surface area contributed by atoms with Crippen LogP contribution in [-0.4, -0.2) is 63.0 Å². The number of carbonyl (C=O) groups excluding carboxylic acids is 4. The number of aromatic nitrogens is 1. The van der Waals surface area contributed by atoms with Crippen molar-refractivity contribution in [1.29, 1.82) is 0 Å². The van der Waals surface area contributed by atoms with Crippen molar-refractivity contribution in [2.75, 3.05) is 23.4 Å². The van der Waals surface area contributed by atoms with Gasteiger partial charge in [0, 0.05) is 12.1 Å². The number of non-ortho nitro benzene ring substituents is 1. The van der Waals surface area contributed by atoms with Gasteiger partial charge < -0.3 is 24.6 Å². The number of fused-ring (bicyclic) bond motifs is 4. The first kappa shape index (κ1) is 42.2. The number of ether oxygens (including phenoxy) is 3. The molecule has 0 aliphatic carbocycles. The lowest BCUT2D eigenvalue weighted by atomic mass is 9.65. The third-order valence-electron chi connectivity index (χ3n) is 12.4. The molecule has 10 rings (SSSR count). The van der Waals surface area contributed by atoms with Crippen molar-refractivity contribution in [1.82, 2.24) is 9.88 Å². The number of esters is 1. The lowest BCUT2D eigenvalue weighted by Crippen LogP contribution is -2.54. The van der Waals surface area contributed by atoms with Crippen molar-refractivity contribution >= 4 is 61.9 Å². The summed E-state index contributed by atoms with van der Waals surface area (Å²) in [4.78, 5) is 80.1. The smallest absolute Gasteiger partial charge is 0.421 e. The van der Waals surface area contributed by atoms with E-state index >= 15 is 14.4 Å². The van der Waals surface area contributed by atoms with Crippen LogP contribution in [0.2, 0.25) is 0 Å². The van der Waals surface area contributed by atoms with E-state index in [0.717, 1.165) is 15.2 Å². The zero-order valence-electron chi connectivity index (χ0n) is 34.8. The van der Waals surface area contributed by atoms with Gasteiger partial charge in [0.2, 0.25) is 11.8 Å². The van der Waals surface area contributed by atoms with Gasteiger partial charge in [0.05, 0.1) is 45.4 Å². The molecular formula is C50H39N5O10S. The molecule has 0 unspecified atom stereocenters. The summed E-state index contributed by atoms with van der Waals surface area (Å²) in [6.07, 6.45) is -2.01. The lowest BCUT2D eigenvalue weighted by molar-refractivity contribution is -0.384. The van der Waals surface area contributed by atoms with Crippen LogP contribution in [0.25, 0.3) is 10.2 Å². The second-order valence-corrected chi connectivity index (χ2v) is 17.1. The Hall–Kier alpha value is -7.79. The number of morpholine rings is 1. The molecule has 0 radical (unpaired) electrons. The van der Waals surface area contributed by atoms with Crippen LogP contribution in [0.5, 0.6) is 5.75 Å². The van der Waals surface area contributed by atoms with E-state index in [1.165, 1.54) is 35.6 Å². The van der Waals surface area contributed by atoms with Gasteiger partial charge in [-0.15, -0.1) is 0 Å². The highest BCUT2D eigenvalue weighted by Gasteiger charge is 2.75. The summed E-state index contributed by atoms with van der Waals surface area (Å²) in [5.74, 6) is -3.54. The second kappa shape index (κ2) is 17.3. The summed E-state index contributed by atoms with van der Waals surface area (Å²) >= 11 is 1.23. The van der Waals surface area contributed by atoms with Crippen molar-refractivity contribution in [3.8, 4) is 5.75 Å². The van der Waals surface area contributed by atoms with Gasteiger partial charge in [-0.25, -0.2) is 14.7 Å². The molecule has 4 heterocycles. The maximum atomic E-state index is 16.3. The van der Waals surface area contributed by atoms with Crippen LogP contribution in [0.3, 0.4) is 0 Å². The Morgan fingerprint density at radius 2 is 1.50 bits per heavy atom. The highest BCUT2D eigenvalue weighted by molar-refractivity contribution is 7.22. The van der Waals surface area contributed by atoms with E-state index < -0.39 is 64.4 Å². The summed E-state index contributed by atoms with van der Waals surface area (Å²) in [5.41, 5.74) is 1.13. The number of carbonyl (C=O) groups is 4.